The monoisotopic (exact) mass is 170 g/mol. The molecule has 1 rings (SSSR count). The lowest BCUT2D eigenvalue weighted by molar-refractivity contribution is 0.170. The molecule has 1 aliphatic heterocycles. The molecular weight excluding hydrogens is 152 g/mol. The van der Waals surface area contributed by atoms with Crippen LogP contribution in [0.5, 0.6) is 0 Å². The van der Waals surface area contributed by atoms with Crippen molar-refractivity contribution in [3.8, 4) is 0 Å². The van der Waals surface area contributed by atoms with Gasteiger partial charge in [0.2, 0.25) is 0 Å². The molecular formula is C9H18N2O. The quantitative estimate of drug-likeness (QED) is 0.514. The van der Waals surface area contributed by atoms with Gasteiger partial charge in [0.25, 0.3) is 0 Å². The van der Waals surface area contributed by atoms with E-state index in [0.717, 1.165) is 6.54 Å². The van der Waals surface area contributed by atoms with Gasteiger partial charge in [-0.05, 0) is 25.9 Å². The Bertz CT molecular complexity index is 159. The zero-order valence-electron chi connectivity index (χ0n) is 7.97. The van der Waals surface area contributed by atoms with Gasteiger partial charge in [-0.2, -0.15) is 0 Å². The van der Waals surface area contributed by atoms with Crippen LogP contribution >= 0.6 is 0 Å². The van der Waals surface area contributed by atoms with Crippen molar-refractivity contribution in [1.82, 2.24) is 4.90 Å². The second-order valence-electron chi connectivity index (χ2n) is 3.29. The predicted molar refractivity (Wildman–Crippen MR) is 49.6 cm³/mol. The highest BCUT2D eigenvalue weighted by atomic mass is 16.5. The van der Waals surface area contributed by atoms with Crippen LogP contribution in [0, 0.1) is 5.41 Å². The first-order valence-electron chi connectivity index (χ1n) is 4.66. The molecule has 0 saturated carbocycles. The van der Waals surface area contributed by atoms with E-state index in [1.54, 1.807) is 6.92 Å². The molecule has 0 spiro atoms. The second-order valence-corrected chi connectivity index (χ2v) is 3.29. The van der Waals surface area contributed by atoms with Gasteiger partial charge < -0.3 is 4.74 Å². The van der Waals surface area contributed by atoms with Crippen molar-refractivity contribution in [3.63, 3.8) is 0 Å². The van der Waals surface area contributed by atoms with E-state index in [0.29, 0.717) is 18.5 Å². The Balaban J connectivity index is 2.26. The molecule has 70 valence electrons. The van der Waals surface area contributed by atoms with Crippen LogP contribution in [0.15, 0.2) is 0 Å². The molecule has 1 atom stereocenters. The lowest BCUT2D eigenvalue weighted by Crippen LogP contribution is -2.33. The molecule has 12 heavy (non-hydrogen) atoms. The summed E-state index contributed by atoms with van der Waals surface area (Å²) >= 11 is 0. The van der Waals surface area contributed by atoms with Crippen LogP contribution in [0.1, 0.15) is 26.7 Å². The van der Waals surface area contributed by atoms with Gasteiger partial charge in [0.15, 0.2) is 5.90 Å². The standard InChI is InChI=1S/C9H18N2O/c1-3-11-6-4-5-9(11)7-12-8(2)10/h9-10H,3-7H2,1-2H3/t9-/m0/s1. The summed E-state index contributed by atoms with van der Waals surface area (Å²) in [6, 6.07) is 0.551. The highest BCUT2D eigenvalue weighted by Crippen LogP contribution is 2.16. The van der Waals surface area contributed by atoms with Crippen LogP contribution in [-0.4, -0.2) is 36.5 Å². The van der Waals surface area contributed by atoms with E-state index in [4.69, 9.17) is 10.1 Å². The predicted octanol–water partition coefficient (Wildman–Crippen LogP) is 1.48. The van der Waals surface area contributed by atoms with E-state index in [2.05, 4.69) is 11.8 Å². The summed E-state index contributed by atoms with van der Waals surface area (Å²) in [5, 5.41) is 7.14. The van der Waals surface area contributed by atoms with E-state index in [1.165, 1.54) is 19.4 Å². The van der Waals surface area contributed by atoms with Gasteiger partial charge in [-0.15, -0.1) is 0 Å². The van der Waals surface area contributed by atoms with E-state index >= 15 is 0 Å². The number of ether oxygens (including phenoxy) is 1. The summed E-state index contributed by atoms with van der Waals surface area (Å²) in [5.41, 5.74) is 0. The molecule has 3 heteroatoms. The molecule has 0 amide bonds. The van der Waals surface area contributed by atoms with Crippen LogP contribution < -0.4 is 0 Å². The van der Waals surface area contributed by atoms with Crippen molar-refractivity contribution in [2.75, 3.05) is 19.7 Å². The highest BCUT2D eigenvalue weighted by molar-refractivity contribution is 5.69. The molecule has 0 bridgehead atoms. The number of rotatable bonds is 3. The molecule has 0 aromatic heterocycles. The first-order valence-corrected chi connectivity index (χ1v) is 4.66. The van der Waals surface area contributed by atoms with E-state index in [9.17, 15) is 0 Å². The normalized spacial score (nSPS) is 24.3. The lowest BCUT2D eigenvalue weighted by Gasteiger charge is -2.22. The Labute approximate surface area is 74.2 Å². The Kier molecular flexibility index (Phi) is 3.53. The largest absolute Gasteiger partial charge is 0.480 e. The number of likely N-dealkylation sites (N-methyl/N-ethyl adjacent to an activating group) is 1. The summed E-state index contributed by atoms with van der Waals surface area (Å²) in [6.45, 7) is 6.86. The van der Waals surface area contributed by atoms with Crippen LogP contribution in [0.3, 0.4) is 0 Å². The number of nitrogens with one attached hydrogen (secondary N) is 1. The van der Waals surface area contributed by atoms with Crippen molar-refractivity contribution in [2.24, 2.45) is 0 Å². The molecule has 1 N–H and O–H groups in total. The van der Waals surface area contributed by atoms with Gasteiger partial charge in [0.05, 0.1) is 0 Å². The number of hydrogen-bond donors (Lipinski definition) is 1. The summed E-state index contributed by atoms with van der Waals surface area (Å²) in [5.74, 6) is 0.331. The molecule has 1 aliphatic rings. The fourth-order valence-corrected chi connectivity index (χ4v) is 1.72. The first kappa shape index (κ1) is 9.52. The minimum Gasteiger partial charge on any atom is -0.480 e. The Hall–Kier alpha value is -0.570. The summed E-state index contributed by atoms with van der Waals surface area (Å²) in [6.07, 6.45) is 2.50. The lowest BCUT2D eigenvalue weighted by atomic mass is 10.2. The van der Waals surface area contributed by atoms with Crippen LogP contribution in [0.25, 0.3) is 0 Å². The average molecular weight is 170 g/mol. The zero-order chi connectivity index (χ0) is 8.97. The molecule has 0 aliphatic carbocycles. The third-order valence-corrected chi connectivity index (χ3v) is 2.40. The van der Waals surface area contributed by atoms with Crippen molar-refractivity contribution < 1.29 is 4.74 Å². The third kappa shape index (κ3) is 2.48. The fourth-order valence-electron chi connectivity index (χ4n) is 1.72. The van der Waals surface area contributed by atoms with Gasteiger partial charge in [0.1, 0.15) is 6.61 Å². The van der Waals surface area contributed by atoms with Gasteiger partial charge in [-0.1, -0.05) is 6.92 Å². The van der Waals surface area contributed by atoms with E-state index in [-0.39, 0.29) is 0 Å². The first-order chi connectivity index (χ1) is 5.74. The number of likely N-dealkylation sites (tertiary alicyclic amines) is 1. The van der Waals surface area contributed by atoms with Crippen LogP contribution in [0.4, 0.5) is 0 Å². The highest BCUT2D eigenvalue weighted by Gasteiger charge is 2.23. The molecule has 0 aromatic rings. The van der Waals surface area contributed by atoms with Crippen molar-refractivity contribution in [2.45, 2.75) is 32.7 Å². The molecule has 3 nitrogen and oxygen atoms in total. The maximum Gasteiger partial charge on any atom is 0.177 e. The summed E-state index contributed by atoms with van der Waals surface area (Å²) in [4.78, 5) is 2.42. The van der Waals surface area contributed by atoms with Gasteiger partial charge in [-0.25, -0.2) is 0 Å². The minimum atomic E-state index is 0.331. The molecule has 1 saturated heterocycles. The zero-order valence-corrected chi connectivity index (χ0v) is 7.97. The molecule has 1 fully saturated rings. The smallest absolute Gasteiger partial charge is 0.177 e. The average Bonchev–Trinajstić information content (AvgIpc) is 2.47. The maximum absolute atomic E-state index is 7.14. The minimum absolute atomic E-state index is 0.331. The van der Waals surface area contributed by atoms with Gasteiger partial charge in [-0.3, -0.25) is 10.3 Å². The van der Waals surface area contributed by atoms with Gasteiger partial charge >= 0.3 is 0 Å². The maximum atomic E-state index is 7.14. The van der Waals surface area contributed by atoms with E-state index in [1.807, 2.05) is 0 Å². The van der Waals surface area contributed by atoms with Crippen molar-refractivity contribution >= 4 is 5.90 Å². The Morgan fingerprint density at radius 3 is 3.00 bits per heavy atom. The Morgan fingerprint density at radius 1 is 1.67 bits per heavy atom. The van der Waals surface area contributed by atoms with Gasteiger partial charge in [0, 0.05) is 13.0 Å². The molecule has 0 aromatic carbocycles. The van der Waals surface area contributed by atoms with Crippen LogP contribution in [0.2, 0.25) is 0 Å². The topological polar surface area (TPSA) is 36.3 Å². The number of nitrogens with zero attached hydrogens (tertiary/aromatic N) is 1. The van der Waals surface area contributed by atoms with Crippen molar-refractivity contribution in [1.29, 1.82) is 5.41 Å². The molecule has 1 heterocycles. The molecule has 0 unspecified atom stereocenters. The molecule has 0 radical (unpaired) electrons. The van der Waals surface area contributed by atoms with E-state index < -0.39 is 0 Å². The van der Waals surface area contributed by atoms with Crippen molar-refractivity contribution in [3.05, 3.63) is 0 Å². The third-order valence-electron chi connectivity index (χ3n) is 2.40. The number of hydrogen-bond acceptors (Lipinski definition) is 3. The second kappa shape index (κ2) is 4.45. The Morgan fingerprint density at radius 2 is 2.42 bits per heavy atom. The fraction of sp³-hybridized carbons (Fsp3) is 0.889. The summed E-state index contributed by atoms with van der Waals surface area (Å²) in [7, 11) is 0. The van der Waals surface area contributed by atoms with Crippen LogP contribution in [-0.2, 0) is 4.74 Å². The summed E-state index contributed by atoms with van der Waals surface area (Å²) < 4.78 is 5.20. The SMILES string of the molecule is CCN1CCC[C@H]1COC(C)=N.